The Bertz CT molecular complexity index is 559. The quantitative estimate of drug-likeness (QED) is 0.912. The van der Waals surface area contributed by atoms with Crippen molar-refractivity contribution < 1.29 is 8.42 Å². The van der Waals surface area contributed by atoms with E-state index in [-0.39, 0.29) is 6.04 Å². The molecule has 1 aromatic heterocycles. The first-order valence-electron chi connectivity index (χ1n) is 6.98. The molecule has 0 bridgehead atoms. The smallest absolute Gasteiger partial charge is 0.211 e. The maximum Gasteiger partial charge on any atom is 0.211 e. The number of aryl methyl sites for hydroxylation is 1. The highest BCUT2D eigenvalue weighted by Gasteiger charge is 2.27. The van der Waals surface area contributed by atoms with Crippen molar-refractivity contribution in [3.05, 3.63) is 29.6 Å². The maximum atomic E-state index is 11.6. The summed E-state index contributed by atoms with van der Waals surface area (Å²) in [6, 6.07) is 1.97. The van der Waals surface area contributed by atoms with Crippen LogP contribution in [0.15, 0.2) is 18.5 Å². The van der Waals surface area contributed by atoms with Gasteiger partial charge in [-0.15, -0.1) is 0 Å². The zero-order valence-electron chi connectivity index (χ0n) is 12.1. The van der Waals surface area contributed by atoms with E-state index in [4.69, 9.17) is 5.73 Å². The Labute approximate surface area is 121 Å². The second kappa shape index (κ2) is 6.20. The molecule has 20 heavy (non-hydrogen) atoms. The highest BCUT2D eigenvalue weighted by molar-refractivity contribution is 7.88. The van der Waals surface area contributed by atoms with Crippen molar-refractivity contribution in [2.24, 2.45) is 11.7 Å². The maximum absolute atomic E-state index is 11.6. The van der Waals surface area contributed by atoms with Gasteiger partial charge >= 0.3 is 0 Å². The van der Waals surface area contributed by atoms with Crippen LogP contribution in [-0.4, -0.2) is 37.1 Å². The van der Waals surface area contributed by atoms with Crippen molar-refractivity contribution in [3.63, 3.8) is 0 Å². The van der Waals surface area contributed by atoms with Crippen LogP contribution in [0.1, 0.15) is 36.4 Å². The number of piperidine rings is 1. The van der Waals surface area contributed by atoms with E-state index < -0.39 is 10.0 Å². The number of nitrogens with two attached hydrogens (primary N) is 1. The molecule has 1 saturated heterocycles. The van der Waals surface area contributed by atoms with Gasteiger partial charge in [-0.3, -0.25) is 4.98 Å². The van der Waals surface area contributed by atoms with Gasteiger partial charge in [0.1, 0.15) is 0 Å². The molecular weight excluding hydrogens is 274 g/mol. The molecule has 2 heterocycles. The largest absolute Gasteiger partial charge is 0.324 e. The van der Waals surface area contributed by atoms with E-state index in [0.717, 1.165) is 30.4 Å². The zero-order valence-corrected chi connectivity index (χ0v) is 12.9. The van der Waals surface area contributed by atoms with Crippen LogP contribution in [0.5, 0.6) is 0 Å². The molecule has 5 nitrogen and oxygen atoms in total. The molecule has 2 N–H and O–H groups in total. The van der Waals surface area contributed by atoms with Crippen LogP contribution >= 0.6 is 0 Å². The van der Waals surface area contributed by atoms with E-state index in [2.05, 4.69) is 11.1 Å². The summed E-state index contributed by atoms with van der Waals surface area (Å²) in [4.78, 5) is 4.17. The fraction of sp³-hybridized carbons (Fsp3) is 0.643. The molecule has 2 unspecified atom stereocenters. The van der Waals surface area contributed by atoms with Crippen LogP contribution in [0.25, 0.3) is 0 Å². The second-order valence-electron chi connectivity index (χ2n) is 5.77. The Kier molecular flexibility index (Phi) is 4.78. The number of rotatable bonds is 4. The number of aromatic nitrogens is 1. The number of hydrogen-bond donors (Lipinski definition) is 1. The summed E-state index contributed by atoms with van der Waals surface area (Å²) in [5.74, 6) is 0.328. The topological polar surface area (TPSA) is 76.3 Å². The van der Waals surface area contributed by atoms with Gasteiger partial charge in [-0.2, -0.15) is 0 Å². The Morgan fingerprint density at radius 3 is 2.90 bits per heavy atom. The van der Waals surface area contributed by atoms with E-state index in [9.17, 15) is 8.42 Å². The zero-order chi connectivity index (χ0) is 14.8. The molecule has 1 fully saturated rings. The average molecular weight is 297 g/mol. The molecule has 0 spiro atoms. The molecule has 112 valence electrons. The molecular formula is C14H23N3O2S. The summed E-state index contributed by atoms with van der Waals surface area (Å²) in [7, 11) is -3.09. The Balaban J connectivity index is 1.99. The first-order chi connectivity index (χ1) is 9.36. The number of nitrogens with zero attached hydrogens (tertiary/aromatic N) is 2. The summed E-state index contributed by atoms with van der Waals surface area (Å²) in [5.41, 5.74) is 8.37. The predicted molar refractivity (Wildman–Crippen MR) is 79.7 cm³/mol. The SMILES string of the molecule is Cc1cncc(C(N)CC2CCCN(S(C)(=O)=O)C2)c1. The summed E-state index contributed by atoms with van der Waals surface area (Å²) in [6.45, 7) is 3.22. The second-order valence-corrected chi connectivity index (χ2v) is 7.75. The van der Waals surface area contributed by atoms with Gasteiger partial charge < -0.3 is 5.73 Å². The fourth-order valence-electron chi connectivity index (χ4n) is 2.80. The first-order valence-corrected chi connectivity index (χ1v) is 8.83. The van der Waals surface area contributed by atoms with Crippen molar-refractivity contribution in [2.75, 3.05) is 19.3 Å². The fourth-order valence-corrected chi connectivity index (χ4v) is 3.74. The van der Waals surface area contributed by atoms with Crippen molar-refractivity contribution >= 4 is 10.0 Å². The number of sulfonamides is 1. The minimum Gasteiger partial charge on any atom is -0.324 e. The molecule has 0 radical (unpaired) electrons. The average Bonchev–Trinajstić information content (AvgIpc) is 2.38. The van der Waals surface area contributed by atoms with Gasteiger partial charge in [0.2, 0.25) is 10.0 Å². The monoisotopic (exact) mass is 297 g/mol. The minimum absolute atomic E-state index is 0.0769. The lowest BCUT2D eigenvalue weighted by Crippen LogP contribution is -2.40. The lowest BCUT2D eigenvalue weighted by molar-refractivity contribution is 0.247. The molecule has 1 aromatic rings. The molecule has 1 aliphatic rings. The first kappa shape index (κ1) is 15.4. The van der Waals surface area contributed by atoms with E-state index in [1.54, 1.807) is 10.5 Å². The summed E-state index contributed by atoms with van der Waals surface area (Å²) < 4.78 is 24.8. The van der Waals surface area contributed by atoms with E-state index >= 15 is 0 Å². The van der Waals surface area contributed by atoms with Crippen LogP contribution in [0.4, 0.5) is 0 Å². The molecule has 0 saturated carbocycles. The standard InChI is InChI=1S/C14H23N3O2S/c1-11-6-13(9-16-8-11)14(15)7-12-4-3-5-17(10-12)20(2,18)19/h6,8-9,12,14H,3-5,7,10,15H2,1-2H3. The predicted octanol–water partition coefficient (Wildman–Crippen LogP) is 1.45. The third kappa shape index (κ3) is 4.01. The molecule has 2 atom stereocenters. The van der Waals surface area contributed by atoms with E-state index in [0.29, 0.717) is 19.0 Å². The normalized spacial score (nSPS) is 22.6. The van der Waals surface area contributed by atoms with Gasteiger partial charge in [0, 0.05) is 31.5 Å². The lowest BCUT2D eigenvalue weighted by Gasteiger charge is -2.32. The Hall–Kier alpha value is -0.980. The van der Waals surface area contributed by atoms with Crippen LogP contribution in [0.3, 0.4) is 0 Å². The van der Waals surface area contributed by atoms with Crippen LogP contribution in [0, 0.1) is 12.8 Å². The van der Waals surface area contributed by atoms with Crippen molar-refractivity contribution in [1.82, 2.24) is 9.29 Å². The molecule has 1 aliphatic heterocycles. The minimum atomic E-state index is -3.09. The molecule has 2 rings (SSSR count). The lowest BCUT2D eigenvalue weighted by atomic mass is 9.90. The van der Waals surface area contributed by atoms with E-state index in [1.807, 2.05) is 13.1 Å². The van der Waals surface area contributed by atoms with Gasteiger partial charge in [-0.05, 0) is 43.2 Å². The van der Waals surface area contributed by atoms with Crippen LogP contribution in [0.2, 0.25) is 0 Å². The third-order valence-electron chi connectivity index (χ3n) is 3.86. The summed E-state index contributed by atoms with van der Waals surface area (Å²) in [5, 5.41) is 0. The molecule has 6 heteroatoms. The van der Waals surface area contributed by atoms with Gasteiger partial charge in [0.25, 0.3) is 0 Å². The van der Waals surface area contributed by atoms with Crippen molar-refractivity contribution in [2.45, 2.75) is 32.2 Å². The van der Waals surface area contributed by atoms with Crippen LogP contribution < -0.4 is 5.73 Å². The molecule has 0 aliphatic carbocycles. The highest BCUT2D eigenvalue weighted by Crippen LogP contribution is 2.27. The number of pyridine rings is 1. The Morgan fingerprint density at radius 2 is 2.25 bits per heavy atom. The van der Waals surface area contributed by atoms with Crippen molar-refractivity contribution in [3.8, 4) is 0 Å². The molecule has 0 amide bonds. The third-order valence-corrected chi connectivity index (χ3v) is 5.13. The summed E-state index contributed by atoms with van der Waals surface area (Å²) in [6.07, 6.45) is 7.64. The van der Waals surface area contributed by atoms with Gasteiger partial charge in [-0.1, -0.05) is 6.07 Å². The highest BCUT2D eigenvalue weighted by atomic mass is 32.2. The van der Waals surface area contributed by atoms with E-state index in [1.165, 1.54) is 6.26 Å². The van der Waals surface area contributed by atoms with Crippen molar-refractivity contribution in [1.29, 1.82) is 0 Å². The molecule has 0 aromatic carbocycles. The van der Waals surface area contributed by atoms with Gasteiger partial charge in [0.15, 0.2) is 0 Å². The van der Waals surface area contributed by atoms with Gasteiger partial charge in [-0.25, -0.2) is 12.7 Å². The summed E-state index contributed by atoms with van der Waals surface area (Å²) >= 11 is 0. The number of hydrogen-bond acceptors (Lipinski definition) is 4. The van der Waals surface area contributed by atoms with Gasteiger partial charge in [0.05, 0.1) is 6.26 Å². The van der Waals surface area contributed by atoms with Crippen LogP contribution in [-0.2, 0) is 10.0 Å². The Morgan fingerprint density at radius 1 is 1.50 bits per heavy atom.